The number of aliphatic hydroxyl groups is 1. The molecule has 0 aromatic heterocycles. The van der Waals surface area contributed by atoms with Crippen LogP contribution in [0.2, 0.25) is 5.02 Å². The molecule has 0 fully saturated rings. The Morgan fingerprint density at radius 2 is 2.22 bits per heavy atom. The van der Waals surface area contributed by atoms with Gasteiger partial charge >= 0.3 is 0 Å². The molecule has 18 heavy (non-hydrogen) atoms. The summed E-state index contributed by atoms with van der Waals surface area (Å²) in [5, 5.41) is 17.6. The third-order valence-corrected chi connectivity index (χ3v) is 4.39. The van der Waals surface area contributed by atoms with Crippen molar-refractivity contribution < 1.29 is 13.5 Å². The molecule has 0 aliphatic heterocycles. The van der Waals surface area contributed by atoms with Crippen LogP contribution in [0.4, 0.5) is 0 Å². The van der Waals surface area contributed by atoms with Gasteiger partial charge in [-0.05, 0) is 24.6 Å². The van der Waals surface area contributed by atoms with E-state index in [-0.39, 0.29) is 22.1 Å². The molecule has 0 saturated carbocycles. The standard InChI is InChI=1S/C11H13ClN2O3S/c1-2-9(7-15)14-18(16,17)11-4-3-8(6-13)5-10(11)12/h3-5,9,14-15H,2,7H2,1H3/t9-/m0/s1. The van der Waals surface area contributed by atoms with Gasteiger partial charge in [0.2, 0.25) is 10.0 Å². The van der Waals surface area contributed by atoms with Crippen LogP contribution in [0.5, 0.6) is 0 Å². The van der Waals surface area contributed by atoms with Gasteiger partial charge in [0.05, 0.1) is 23.3 Å². The first-order valence-electron chi connectivity index (χ1n) is 5.27. The minimum Gasteiger partial charge on any atom is -0.395 e. The summed E-state index contributed by atoms with van der Waals surface area (Å²) < 4.78 is 26.3. The molecule has 1 aromatic rings. The molecule has 0 saturated heterocycles. The number of benzene rings is 1. The molecule has 2 N–H and O–H groups in total. The van der Waals surface area contributed by atoms with E-state index in [1.165, 1.54) is 18.2 Å². The van der Waals surface area contributed by atoms with E-state index >= 15 is 0 Å². The Kier molecular flexibility index (Phi) is 5.11. The first kappa shape index (κ1) is 14.9. The van der Waals surface area contributed by atoms with Crippen LogP contribution in [-0.4, -0.2) is 26.2 Å². The zero-order valence-electron chi connectivity index (χ0n) is 9.72. The summed E-state index contributed by atoms with van der Waals surface area (Å²) in [6.07, 6.45) is 0.462. The normalized spacial score (nSPS) is 13.0. The fourth-order valence-electron chi connectivity index (χ4n) is 1.32. The lowest BCUT2D eigenvalue weighted by Gasteiger charge is -2.15. The van der Waals surface area contributed by atoms with Crippen LogP contribution in [0.1, 0.15) is 18.9 Å². The highest BCUT2D eigenvalue weighted by Gasteiger charge is 2.21. The Morgan fingerprint density at radius 3 is 2.67 bits per heavy atom. The molecule has 0 bridgehead atoms. The van der Waals surface area contributed by atoms with Crippen LogP contribution in [0.3, 0.4) is 0 Å². The summed E-state index contributed by atoms with van der Waals surface area (Å²) in [4.78, 5) is -0.102. The van der Waals surface area contributed by atoms with Gasteiger partial charge in [-0.3, -0.25) is 0 Å². The average Bonchev–Trinajstić information content (AvgIpc) is 2.35. The van der Waals surface area contributed by atoms with Crippen LogP contribution in [0, 0.1) is 11.3 Å². The van der Waals surface area contributed by atoms with Crippen molar-refractivity contribution in [3.63, 3.8) is 0 Å². The zero-order chi connectivity index (χ0) is 13.8. The van der Waals surface area contributed by atoms with Crippen LogP contribution in [0.15, 0.2) is 23.1 Å². The van der Waals surface area contributed by atoms with Crippen molar-refractivity contribution in [1.29, 1.82) is 5.26 Å². The smallest absolute Gasteiger partial charge is 0.242 e. The second-order valence-electron chi connectivity index (χ2n) is 3.67. The number of halogens is 1. The average molecular weight is 289 g/mol. The van der Waals surface area contributed by atoms with Gasteiger partial charge < -0.3 is 5.11 Å². The molecular formula is C11H13ClN2O3S. The Hall–Kier alpha value is -1.13. The van der Waals surface area contributed by atoms with Crippen molar-refractivity contribution in [1.82, 2.24) is 4.72 Å². The highest BCUT2D eigenvalue weighted by molar-refractivity contribution is 7.89. The zero-order valence-corrected chi connectivity index (χ0v) is 11.3. The number of nitriles is 1. The van der Waals surface area contributed by atoms with Gasteiger partial charge in [-0.25, -0.2) is 13.1 Å². The number of aliphatic hydroxyl groups excluding tert-OH is 1. The van der Waals surface area contributed by atoms with Gasteiger partial charge in [-0.1, -0.05) is 18.5 Å². The van der Waals surface area contributed by atoms with Crippen molar-refractivity contribution in [2.45, 2.75) is 24.3 Å². The molecule has 0 heterocycles. The predicted molar refractivity (Wildman–Crippen MR) is 67.7 cm³/mol. The summed E-state index contributed by atoms with van der Waals surface area (Å²) in [6, 6.07) is 5.25. The van der Waals surface area contributed by atoms with Crippen LogP contribution in [0.25, 0.3) is 0 Å². The van der Waals surface area contributed by atoms with Crippen LogP contribution in [-0.2, 0) is 10.0 Å². The Balaban J connectivity index is 3.10. The number of hydrogen-bond donors (Lipinski definition) is 2. The Labute approximate surface area is 111 Å². The number of nitrogens with one attached hydrogen (secondary N) is 1. The highest BCUT2D eigenvalue weighted by Crippen LogP contribution is 2.22. The third-order valence-electron chi connectivity index (χ3n) is 2.39. The molecule has 0 aliphatic rings. The molecule has 0 aliphatic carbocycles. The van der Waals surface area contributed by atoms with E-state index in [0.717, 1.165) is 0 Å². The second-order valence-corrected chi connectivity index (χ2v) is 5.76. The molecule has 98 valence electrons. The van der Waals surface area contributed by atoms with Gasteiger partial charge in [0, 0.05) is 6.04 Å². The maximum Gasteiger partial charge on any atom is 0.242 e. The third kappa shape index (κ3) is 3.43. The molecule has 1 atom stereocenters. The van der Waals surface area contributed by atoms with E-state index in [4.69, 9.17) is 22.0 Å². The monoisotopic (exact) mass is 288 g/mol. The van der Waals surface area contributed by atoms with Crippen molar-refractivity contribution in [2.75, 3.05) is 6.61 Å². The molecule has 5 nitrogen and oxygen atoms in total. The van der Waals surface area contributed by atoms with E-state index in [1.54, 1.807) is 6.92 Å². The number of sulfonamides is 1. The molecule has 0 spiro atoms. The summed E-state index contributed by atoms with van der Waals surface area (Å²) in [7, 11) is -3.79. The Bertz CT molecular complexity index is 562. The van der Waals surface area contributed by atoms with Crippen molar-refractivity contribution in [2.24, 2.45) is 0 Å². The SMILES string of the molecule is CC[C@@H](CO)NS(=O)(=O)c1ccc(C#N)cc1Cl. The minimum absolute atomic E-state index is 0.0191. The fraction of sp³-hybridized carbons (Fsp3) is 0.364. The summed E-state index contributed by atoms with van der Waals surface area (Å²) in [6.45, 7) is 1.47. The predicted octanol–water partition coefficient (Wildman–Crippen LogP) is 1.26. The summed E-state index contributed by atoms with van der Waals surface area (Å²) in [5.74, 6) is 0. The van der Waals surface area contributed by atoms with Gasteiger partial charge in [0.25, 0.3) is 0 Å². The first-order chi connectivity index (χ1) is 8.44. The highest BCUT2D eigenvalue weighted by atomic mass is 35.5. The topological polar surface area (TPSA) is 90.2 Å². The van der Waals surface area contributed by atoms with E-state index in [2.05, 4.69) is 4.72 Å². The quantitative estimate of drug-likeness (QED) is 0.853. The van der Waals surface area contributed by atoms with Crippen molar-refractivity contribution in [3.8, 4) is 6.07 Å². The second kappa shape index (κ2) is 6.16. The van der Waals surface area contributed by atoms with Crippen molar-refractivity contribution >= 4 is 21.6 Å². The molecule has 7 heteroatoms. The van der Waals surface area contributed by atoms with E-state index < -0.39 is 16.1 Å². The summed E-state index contributed by atoms with van der Waals surface area (Å²) in [5.41, 5.74) is 0.285. The number of hydrogen-bond acceptors (Lipinski definition) is 4. The van der Waals surface area contributed by atoms with Gasteiger partial charge in [-0.15, -0.1) is 0 Å². The molecule has 0 unspecified atom stereocenters. The fourth-order valence-corrected chi connectivity index (χ4v) is 3.18. The molecule has 0 amide bonds. The lowest BCUT2D eigenvalue weighted by Crippen LogP contribution is -2.37. The lowest BCUT2D eigenvalue weighted by molar-refractivity contribution is 0.254. The summed E-state index contributed by atoms with van der Waals surface area (Å²) >= 11 is 5.83. The van der Waals surface area contributed by atoms with Crippen molar-refractivity contribution in [3.05, 3.63) is 28.8 Å². The molecular weight excluding hydrogens is 276 g/mol. The molecule has 1 aromatic carbocycles. The maximum absolute atomic E-state index is 12.0. The van der Waals surface area contributed by atoms with Gasteiger partial charge in [0.15, 0.2) is 0 Å². The first-order valence-corrected chi connectivity index (χ1v) is 7.13. The van der Waals surface area contributed by atoms with E-state index in [0.29, 0.717) is 6.42 Å². The number of nitrogens with zero attached hydrogens (tertiary/aromatic N) is 1. The van der Waals surface area contributed by atoms with Crippen LogP contribution < -0.4 is 4.72 Å². The number of rotatable bonds is 5. The Morgan fingerprint density at radius 1 is 1.56 bits per heavy atom. The minimum atomic E-state index is -3.79. The van der Waals surface area contributed by atoms with Gasteiger partial charge in [0.1, 0.15) is 4.90 Å². The van der Waals surface area contributed by atoms with E-state index in [9.17, 15) is 8.42 Å². The largest absolute Gasteiger partial charge is 0.395 e. The lowest BCUT2D eigenvalue weighted by atomic mass is 10.2. The van der Waals surface area contributed by atoms with Crippen LogP contribution >= 0.6 is 11.6 Å². The maximum atomic E-state index is 12.0. The molecule has 0 radical (unpaired) electrons. The van der Waals surface area contributed by atoms with E-state index in [1.807, 2.05) is 6.07 Å². The van der Waals surface area contributed by atoms with Gasteiger partial charge in [-0.2, -0.15) is 5.26 Å². The molecule has 1 rings (SSSR count).